The first-order chi connectivity index (χ1) is 11.0. The fourth-order valence-corrected chi connectivity index (χ4v) is 2.89. The molecule has 6 heteroatoms. The number of amides is 1. The van der Waals surface area contributed by atoms with E-state index in [1.54, 1.807) is 12.4 Å². The molecule has 2 aromatic rings. The quantitative estimate of drug-likeness (QED) is 0.902. The normalized spacial score (nSPS) is 20.7. The number of aliphatic hydroxyl groups is 1. The minimum absolute atomic E-state index is 0.0958. The summed E-state index contributed by atoms with van der Waals surface area (Å²) in [5.74, 6) is -1.56. The molecule has 120 valence electrons. The lowest BCUT2D eigenvalue weighted by Gasteiger charge is -2.16. The van der Waals surface area contributed by atoms with Crippen molar-refractivity contribution in [3.05, 3.63) is 59.7 Å². The van der Waals surface area contributed by atoms with Crippen LogP contribution >= 0.6 is 0 Å². The van der Waals surface area contributed by atoms with E-state index < -0.39 is 17.8 Å². The highest BCUT2D eigenvalue weighted by Gasteiger charge is 2.35. The summed E-state index contributed by atoms with van der Waals surface area (Å²) >= 11 is 0. The predicted octanol–water partition coefficient (Wildman–Crippen LogP) is 1.60. The van der Waals surface area contributed by atoms with Crippen LogP contribution < -0.4 is 0 Å². The average Bonchev–Trinajstić information content (AvgIpc) is 2.89. The van der Waals surface area contributed by atoms with Crippen LogP contribution in [0.15, 0.2) is 42.7 Å². The van der Waals surface area contributed by atoms with Gasteiger partial charge < -0.3 is 15.1 Å². The molecule has 1 fully saturated rings. The molecule has 23 heavy (non-hydrogen) atoms. The summed E-state index contributed by atoms with van der Waals surface area (Å²) in [6.07, 6.45) is 3.36. The molecule has 1 aliphatic heterocycles. The number of carbonyl (C=O) groups excluding carboxylic acids is 1. The lowest BCUT2D eigenvalue weighted by atomic mass is 9.97. The van der Waals surface area contributed by atoms with Gasteiger partial charge in [-0.2, -0.15) is 0 Å². The molecule has 1 aliphatic rings. The number of aromatic nitrogens is 1. The first kappa shape index (κ1) is 15.4. The van der Waals surface area contributed by atoms with Gasteiger partial charge in [0.05, 0.1) is 11.7 Å². The van der Waals surface area contributed by atoms with Gasteiger partial charge in [-0.15, -0.1) is 0 Å². The van der Waals surface area contributed by atoms with E-state index in [-0.39, 0.29) is 23.8 Å². The summed E-state index contributed by atoms with van der Waals surface area (Å²) in [7, 11) is 0. The van der Waals surface area contributed by atoms with Crippen molar-refractivity contribution in [3.8, 4) is 5.75 Å². The molecule has 1 aromatic heterocycles. The predicted molar refractivity (Wildman–Crippen MR) is 81.4 cm³/mol. The van der Waals surface area contributed by atoms with Crippen molar-refractivity contribution in [2.24, 2.45) is 5.92 Å². The summed E-state index contributed by atoms with van der Waals surface area (Å²) < 4.78 is 13.8. The van der Waals surface area contributed by atoms with Crippen LogP contribution in [0.5, 0.6) is 5.75 Å². The molecule has 0 spiro atoms. The zero-order valence-electron chi connectivity index (χ0n) is 12.4. The summed E-state index contributed by atoms with van der Waals surface area (Å²) in [4.78, 5) is 17.8. The first-order valence-electron chi connectivity index (χ1n) is 7.39. The van der Waals surface area contributed by atoms with Crippen LogP contribution in [0.2, 0.25) is 0 Å². The van der Waals surface area contributed by atoms with Crippen LogP contribution in [-0.2, 0) is 6.42 Å². The molecule has 0 aliphatic carbocycles. The van der Waals surface area contributed by atoms with Gasteiger partial charge in [0.15, 0.2) is 0 Å². The number of halogens is 1. The molecule has 5 nitrogen and oxygen atoms in total. The maximum Gasteiger partial charge on any atom is 0.256 e. The zero-order valence-corrected chi connectivity index (χ0v) is 12.4. The van der Waals surface area contributed by atoms with Crippen molar-refractivity contribution in [1.29, 1.82) is 0 Å². The number of phenolic OH excluding ortho intramolecular Hbond substituents is 1. The number of likely N-dealkylation sites (tertiary alicyclic amines) is 1. The Kier molecular flexibility index (Phi) is 4.25. The number of nitrogens with zero attached hydrogens (tertiary/aromatic N) is 2. The molecule has 1 aromatic carbocycles. The Balaban J connectivity index is 1.71. The van der Waals surface area contributed by atoms with Gasteiger partial charge in [-0.1, -0.05) is 0 Å². The fraction of sp³-hybridized carbons (Fsp3) is 0.294. The van der Waals surface area contributed by atoms with Crippen LogP contribution in [0.4, 0.5) is 4.39 Å². The SMILES string of the molecule is O=C(c1ccc(O)cc1F)N1C[C@@H](Cc2ccncc2)[C@H](O)C1. The molecule has 0 saturated carbocycles. The minimum atomic E-state index is -0.762. The maximum absolute atomic E-state index is 13.8. The number of aliphatic hydroxyl groups excluding tert-OH is 1. The number of rotatable bonds is 3. The molecular weight excluding hydrogens is 299 g/mol. The third-order valence-corrected chi connectivity index (χ3v) is 4.12. The van der Waals surface area contributed by atoms with E-state index in [9.17, 15) is 19.4 Å². The van der Waals surface area contributed by atoms with Crippen LogP contribution in [0, 0.1) is 11.7 Å². The minimum Gasteiger partial charge on any atom is -0.508 e. The van der Waals surface area contributed by atoms with Crippen molar-refractivity contribution in [1.82, 2.24) is 9.88 Å². The molecule has 1 saturated heterocycles. The molecule has 0 bridgehead atoms. The standard InChI is InChI=1S/C17H17FN2O3/c18-15-8-13(21)1-2-14(15)17(23)20-9-12(16(22)10-20)7-11-3-5-19-6-4-11/h1-6,8,12,16,21-22H,7,9-10H2/t12-,16-/m1/s1. The van der Waals surface area contributed by atoms with Gasteiger partial charge in [0.25, 0.3) is 5.91 Å². The fourth-order valence-electron chi connectivity index (χ4n) is 2.89. The number of hydrogen-bond acceptors (Lipinski definition) is 4. The lowest BCUT2D eigenvalue weighted by molar-refractivity contribution is 0.0760. The Bertz CT molecular complexity index is 708. The Morgan fingerprint density at radius 3 is 2.70 bits per heavy atom. The third-order valence-electron chi connectivity index (χ3n) is 4.12. The van der Waals surface area contributed by atoms with Crippen molar-refractivity contribution in [2.45, 2.75) is 12.5 Å². The molecule has 0 radical (unpaired) electrons. The van der Waals surface area contributed by atoms with E-state index in [0.717, 1.165) is 11.6 Å². The lowest BCUT2D eigenvalue weighted by Crippen LogP contribution is -2.30. The number of aromatic hydroxyl groups is 1. The van der Waals surface area contributed by atoms with E-state index in [2.05, 4.69) is 4.98 Å². The second kappa shape index (κ2) is 6.34. The summed E-state index contributed by atoms with van der Waals surface area (Å²) in [6.45, 7) is 0.539. The largest absolute Gasteiger partial charge is 0.508 e. The van der Waals surface area contributed by atoms with E-state index >= 15 is 0 Å². The van der Waals surface area contributed by atoms with Crippen LogP contribution in [0.1, 0.15) is 15.9 Å². The zero-order chi connectivity index (χ0) is 16.4. The highest BCUT2D eigenvalue weighted by molar-refractivity contribution is 5.94. The van der Waals surface area contributed by atoms with E-state index in [1.165, 1.54) is 17.0 Å². The molecule has 2 heterocycles. The molecular formula is C17H17FN2O3. The number of benzene rings is 1. The number of phenols is 1. The second-order valence-corrected chi connectivity index (χ2v) is 5.76. The van der Waals surface area contributed by atoms with Crippen molar-refractivity contribution in [2.75, 3.05) is 13.1 Å². The van der Waals surface area contributed by atoms with Gasteiger partial charge >= 0.3 is 0 Å². The number of hydrogen-bond donors (Lipinski definition) is 2. The Labute approximate surface area is 133 Å². The molecule has 1 amide bonds. The van der Waals surface area contributed by atoms with Crippen LogP contribution in [0.3, 0.4) is 0 Å². The third kappa shape index (κ3) is 3.32. The molecule has 0 unspecified atom stereocenters. The van der Waals surface area contributed by atoms with Gasteiger partial charge in [-0.25, -0.2) is 4.39 Å². The van der Waals surface area contributed by atoms with E-state index in [0.29, 0.717) is 13.0 Å². The monoisotopic (exact) mass is 316 g/mol. The van der Waals surface area contributed by atoms with Crippen molar-refractivity contribution < 1.29 is 19.4 Å². The Morgan fingerprint density at radius 1 is 1.26 bits per heavy atom. The Hall–Kier alpha value is -2.47. The molecule has 3 rings (SSSR count). The molecule has 2 atom stereocenters. The van der Waals surface area contributed by atoms with Crippen molar-refractivity contribution >= 4 is 5.91 Å². The summed E-state index contributed by atoms with van der Waals surface area (Å²) in [5.41, 5.74) is 0.939. The smallest absolute Gasteiger partial charge is 0.256 e. The van der Waals surface area contributed by atoms with Gasteiger partial charge in [-0.3, -0.25) is 9.78 Å². The van der Waals surface area contributed by atoms with E-state index in [1.807, 2.05) is 12.1 Å². The van der Waals surface area contributed by atoms with Crippen LogP contribution in [-0.4, -0.2) is 45.2 Å². The van der Waals surface area contributed by atoms with Gasteiger partial charge in [-0.05, 0) is 36.2 Å². The number of β-amino-alcohol motifs (C(OH)–C–C–N with tert-alkyl or cyclic N) is 1. The molecule has 2 N–H and O–H groups in total. The van der Waals surface area contributed by atoms with Gasteiger partial charge in [0.2, 0.25) is 0 Å². The highest BCUT2D eigenvalue weighted by Crippen LogP contribution is 2.24. The van der Waals surface area contributed by atoms with Crippen LogP contribution in [0.25, 0.3) is 0 Å². The first-order valence-corrected chi connectivity index (χ1v) is 7.39. The Morgan fingerprint density at radius 2 is 2.00 bits per heavy atom. The summed E-state index contributed by atoms with van der Waals surface area (Å²) in [5, 5.41) is 19.4. The average molecular weight is 316 g/mol. The topological polar surface area (TPSA) is 73.7 Å². The highest BCUT2D eigenvalue weighted by atomic mass is 19.1. The van der Waals surface area contributed by atoms with Gasteiger partial charge in [0, 0.05) is 37.5 Å². The van der Waals surface area contributed by atoms with Crippen molar-refractivity contribution in [3.63, 3.8) is 0 Å². The second-order valence-electron chi connectivity index (χ2n) is 5.76. The number of carbonyl (C=O) groups is 1. The van der Waals surface area contributed by atoms with E-state index in [4.69, 9.17) is 0 Å². The maximum atomic E-state index is 13.8. The number of pyridine rings is 1. The summed E-state index contributed by atoms with van der Waals surface area (Å²) in [6, 6.07) is 7.19. The van der Waals surface area contributed by atoms with Gasteiger partial charge in [0.1, 0.15) is 11.6 Å².